The summed E-state index contributed by atoms with van der Waals surface area (Å²) in [5, 5.41) is 7.66. The highest BCUT2D eigenvalue weighted by molar-refractivity contribution is 5.77. The van der Waals surface area contributed by atoms with Crippen LogP contribution in [0.4, 0.5) is 136 Å². The van der Waals surface area contributed by atoms with E-state index in [1.165, 1.54) is 0 Å². The largest absolute Gasteiger partial charge is 0.527 e. The molecule has 0 radical (unpaired) electrons. The van der Waals surface area contributed by atoms with Gasteiger partial charge in [-0.05, 0) is 0 Å². The summed E-state index contributed by atoms with van der Waals surface area (Å²) in [7, 11) is 0. The second kappa shape index (κ2) is 11.4. The van der Waals surface area contributed by atoms with Crippen molar-refractivity contribution in [1.29, 1.82) is 0 Å². The fraction of sp³-hybridized carbons (Fsp3) is 0.938. The molecule has 0 spiro atoms. The van der Waals surface area contributed by atoms with E-state index in [1.807, 2.05) is 0 Å². The van der Waals surface area contributed by atoms with E-state index in [-0.39, 0.29) is 0 Å². The molecule has 0 unspecified atom stereocenters. The average Bonchev–Trinajstić information content (AvgIpc) is 2.85. The molecule has 0 amide bonds. The van der Waals surface area contributed by atoms with Gasteiger partial charge >= 0.3 is 95.4 Å². The molecule has 1 N–H and O–H groups in total. The van der Waals surface area contributed by atoms with Crippen molar-refractivity contribution in [3.05, 3.63) is 0 Å². The first kappa shape index (κ1) is 47.3. The quantitative estimate of drug-likeness (QED) is 0.168. The Balaban J connectivity index is 7.62. The molecular weight excluding hydrogens is 829 g/mol. The van der Waals surface area contributed by atoms with E-state index in [9.17, 15) is 141 Å². The molecule has 300 valence electrons. The minimum atomic E-state index is -10.1. The Labute approximate surface area is 247 Å². The van der Waals surface area contributed by atoms with Gasteiger partial charge in [-0.15, -0.1) is 13.2 Å². The predicted molar refractivity (Wildman–Crippen MR) is 84.0 cm³/mol. The van der Waals surface area contributed by atoms with Crippen molar-refractivity contribution in [2.24, 2.45) is 0 Å². The zero-order valence-electron chi connectivity index (χ0n) is 21.0. The van der Waals surface area contributed by atoms with E-state index >= 15 is 0 Å². The molecule has 0 rings (SSSR count). The van der Waals surface area contributed by atoms with Crippen LogP contribution in [0.15, 0.2) is 0 Å². The van der Waals surface area contributed by atoms with E-state index in [1.54, 1.807) is 0 Å². The van der Waals surface area contributed by atoms with Gasteiger partial charge in [-0.1, -0.05) is 0 Å². The Morgan fingerprint density at radius 1 is 0.300 bits per heavy atom. The molecule has 0 aliphatic carbocycles. The van der Waals surface area contributed by atoms with Crippen LogP contribution >= 0.6 is 0 Å². The van der Waals surface area contributed by atoms with Gasteiger partial charge in [0.25, 0.3) is 0 Å². The number of rotatable bonds is 15. The van der Waals surface area contributed by atoms with Crippen LogP contribution in [0.25, 0.3) is 0 Å². The number of halogens is 31. The van der Waals surface area contributed by atoms with Gasteiger partial charge in [0.1, 0.15) is 0 Å². The fourth-order valence-electron chi connectivity index (χ4n) is 2.70. The van der Waals surface area contributed by atoms with Crippen LogP contribution in [-0.2, 0) is 9.53 Å². The van der Waals surface area contributed by atoms with Gasteiger partial charge in [-0.25, -0.2) is 9.53 Å². The molecule has 0 heterocycles. The van der Waals surface area contributed by atoms with Crippen LogP contribution in [0.5, 0.6) is 0 Å². The zero-order chi connectivity index (χ0) is 41.8. The Kier molecular flexibility index (Phi) is 10.8. The normalized spacial score (nSPS) is 16.9. The molecule has 34 heteroatoms. The fourth-order valence-corrected chi connectivity index (χ4v) is 2.70. The zero-order valence-corrected chi connectivity index (χ0v) is 21.0. The van der Waals surface area contributed by atoms with Crippen LogP contribution < -0.4 is 0 Å². The third-order valence-electron chi connectivity index (χ3n) is 5.61. The van der Waals surface area contributed by atoms with Crippen LogP contribution in [0.1, 0.15) is 0 Å². The second-order valence-electron chi connectivity index (χ2n) is 8.84. The van der Waals surface area contributed by atoms with E-state index in [0.717, 1.165) is 4.74 Å². The van der Waals surface area contributed by atoms with Gasteiger partial charge in [0, 0.05) is 0 Å². The van der Waals surface area contributed by atoms with Gasteiger partial charge in [0.2, 0.25) is 0 Å². The predicted octanol–water partition coefficient (Wildman–Crippen LogP) is 9.46. The number of ether oxygens (including phenoxy) is 1. The number of hydrogen-bond acceptors (Lipinski definition) is 2. The van der Waals surface area contributed by atoms with Crippen LogP contribution in [0.2, 0.25) is 0 Å². The molecule has 0 aromatic carbocycles. The number of carboxylic acids is 1. The van der Waals surface area contributed by atoms with Crippen molar-refractivity contribution >= 4 is 5.97 Å². The molecule has 0 atom stereocenters. The maximum Gasteiger partial charge on any atom is 0.527 e. The molecule has 3 nitrogen and oxygen atoms in total. The number of alkyl halides is 31. The van der Waals surface area contributed by atoms with Crippen molar-refractivity contribution in [3.8, 4) is 0 Å². The minimum absolute atomic E-state index is 0.846. The Bertz CT molecular complexity index is 1270. The Hall–Kier alpha value is -2.74. The number of carboxylic acid groups (broad SMARTS) is 1. The standard InChI is InChI=1S/C16HF31O3/c17-2(18,1(48)49)3(19,20)4(21,22)5(23,24)6(25,26)7(27,28)8(29,30)9(31,32)10(33,34)11(35,36)12(37,38)13(39,40)14(41,42)15(43,44)50-16(45,46)47/h(H,48,49). The lowest BCUT2D eigenvalue weighted by Crippen LogP contribution is -2.79. The first-order valence-electron chi connectivity index (χ1n) is 10.2. The van der Waals surface area contributed by atoms with Crippen LogP contribution in [-0.4, -0.2) is 101 Å². The van der Waals surface area contributed by atoms with Crippen LogP contribution in [0, 0.1) is 0 Å². The second-order valence-corrected chi connectivity index (χ2v) is 8.84. The summed E-state index contributed by atoms with van der Waals surface area (Å²) >= 11 is 0. The van der Waals surface area contributed by atoms with Crippen molar-refractivity contribution < 1.29 is 151 Å². The van der Waals surface area contributed by atoms with E-state index in [2.05, 4.69) is 0 Å². The molecule has 0 bridgehead atoms. The third kappa shape index (κ3) is 5.56. The Morgan fingerprint density at radius 3 is 0.620 bits per heavy atom. The Morgan fingerprint density at radius 2 is 0.460 bits per heavy atom. The first-order valence-corrected chi connectivity index (χ1v) is 10.2. The van der Waals surface area contributed by atoms with Crippen LogP contribution in [0.3, 0.4) is 0 Å². The topological polar surface area (TPSA) is 46.5 Å². The molecule has 0 fully saturated rings. The lowest BCUT2D eigenvalue weighted by Gasteiger charge is -2.46. The van der Waals surface area contributed by atoms with E-state index in [0.29, 0.717) is 0 Å². The maximum atomic E-state index is 13.7. The average molecular weight is 830 g/mol. The number of carbonyl (C=O) groups is 1. The number of hydrogen-bond donors (Lipinski definition) is 1. The first-order chi connectivity index (χ1) is 20.9. The van der Waals surface area contributed by atoms with Gasteiger partial charge in [0.05, 0.1) is 0 Å². The summed E-state index contributed by atoms with van der Waals surface area (Å²) in [6, 6.07) is 0. The minimum Gasteiger partial charge on any atom is -0.477 e. The van der Waals surface area contributed by atoms with Crippen molar-refractivity contribution in [2.75, 3.05) is 0 Å². The molecule has 0 aliphatic rings. The lowest BCUT2D eigenvalue weighted by molar-refractivity contribution is -0.513. The van der Waals surface area contributed by atoms with Crippen molar-refractivity contribution in [1.82, 2.24) is 0 Å². The maximum absolute atomic E-state index is 13.7. The summed E-state index contributed by atoms with van der Waals surface area (Å²) in [5.41, 5.74) is 0. The monoisotopic (exact) mass is 830 g/mol. The summed E-state index contributed by atoms with van der Waals surface area (Å²) < 4.78 is 413. The van der Waals surface area contributed by atoms with Gasteiger partial charge in [-0.2, -0.15) is 123 Å². The summed E-state index contributed by atoms with van der Waals surface area (Å²) in [6.45, 7) is 0. The van der Waals surface area contributed by atoms with Crippen molar-refractivity contribution in [2.45, 2.75) is 89.5 Å². The highest BCUT2D eigenvalue weighted by Gasteiger charge is 3.01. The summed E-state index contributed by atoms with van der Waals surface area (Å²) in [4.78, 5) is 9.94. The van der Waals surface area contributed by atoms with Gasteiger partial charge < -0.3 is 5.11 Å². The van der Waals surface area contributed by atoms with Gasteiger partial charge in [0.15, 0.2) is 0 Å². The summed E-state index contributed by atoms with van der Waals surface area (Å²) in [5.74, 6) is -129. The molecule has 50 heavy (non-hydrogen) atoms. The molecule has 0 aromatic rings. The summed E-state index contributed by atoms with van der Waals surface area (Å²) in [6.07, 6.45) is -15.9. The third-order valence-corrected chi connectivity index (χ3v) is 5.61. The van der Waals surface area contributed by atoms with Crippen molar-refractivity contribution in [3.63, 3.8) is 0 Å². The SMILES string of the molecule is O=C(O)C(F)(F)C(F)(F)C(F)(F)C(F)(F)C(F)(F)C(F)(F)C(F)(F)C(F)(F)C(F)(F)C(F)(F)C(F)(F)C(F)(F)C(F)(F)C(F)(F)OC(F)(F)F. The highest BCUT2D eigenvalue weighted by atomic mass is 19.4. The van der Waals surface area contributed by atoms with Gasteiger partial charge in [-0.3, -0.25) is 0 Å². The van der Waals surface area contributed by atoms with E-state index < -0.39 is 95.4 Å². The molecule has 0 aromatic heterocycles. The lowest BCUT2D eigenvalue weighted by atomic mass is 9.83. The molecule has 0 aliphatic heterocycles. The number of aliphatic carboxylic acids is 1. The molecule has 0 saturated carbocycles. The smallest absolute Gasteiger partial charge is 0.477 e. The van der Waals surface area contributed by atoms with E-state index in [4.69, 9.17) is 5.11 Å². The highest BCUT2D eigenvalue weighted by Crippen LogP contribution is 2.69. The molecular formula is C16HF31O3. The molecule has 0 saturated heterocycles.